The normalized spacial score (nSPS) is 18.6. The summed E-state index contributed by atoms with van der Waals surface area (Å²) in [5, 5.41) is 10.7. The SMILES string of the molecule is CC(CO)c1cccc2c1ccn2C1CCCC1. The number of hydrogen-bond donors (Lipinski definition) is 1. The maximum Gasteiger partial charge on any atom is 0.0497 e. The van der Waals surface area contributed by atoms with E-state index in [2.05, 4.69) is 42.0 Å². The molecule has 2 aromatic rings. The van der Waals surface area contributed by atoms with Crippen molar-refractivity contribution in [3.8, 4) is 0 Å². The van der Waals surface area contributed by atoms with Gasteiger partial charge in [0.15, 0.2) is 0 Å². The molecule has 1 aliphatic carbocycles. The van der Waals surface area contributed by atoms with Crippen molar-refractivity contribution in [3.63, 3.8) is 0 Å². The Morgan fingerprint density at radius 3 is 2.78 bits per heavy atom. The highest BCUT2D eigenvalue weighted by atomic mass is 16.3. The summed E-state index contributed by atoms with van der Waals surface area (Å²) in [5.41, 5.74) is 2.60. The Hall–Kier alpha value is -1.28. The molecule has 1 heterocycles. The summed E-state index contributed by atoms with van der Waals surface area (Å²) in [6, 6.07) is 9.37. The lowest BCUT2D eigenvalue weighted by molar-refractivity contribution is 0.273. The van der Waals surface area contributed by atoms with Gasteiger partial charge in [-0.05, 0) is 30.5 Å². The van der Waals surface area contributed by atoms with Crippen LogP contribution in [0.15, 0.2) is 30.5 Å². The summed E-state index contributed by atoms with van der Waals surface area (Å²) >= 11 is 0. The molecule has 1 saturated carbocycles. The maximum atomic E-state index is 9.36. The monoisotopic (exact) mass is 243 g/mol. The summed E-state index contributed by atoms with van der Waals surface area (Å²) in [4.78, 5) is 0. The van der Waals surface area contributed by atoms with Gasteiger partial charge in [0.05, 0.1) is 0 Å². The number of nitrogens with zero attached hydrogens (tertiary/aromatic N) is 1. The van der Waals surface area contributed by atoms with E-state index in [1.54, 1.807) is 0 Å². The fourth-order valence-corrected chi connectivity index (χ4v) is 3.24. The largest absolute Gasteiger partial charge is 0.396 e. The predicted octanol–water partition coefficient (Wildman–Crippen LogP) is 3.85. The first-order valence-corrected chi connectivity index (χ1v) is 7.01. The average molecular weight is 243 g/mol. The van der Waals surface area contributed by atoms with Crippen LogP contribution in [-0.2, 0) is 0 Å². The molecule has 0 aliphatic heterocycles. The molecule has 0 amide bonds. The molecule has 1 atom stereocenters. The Kier molecular flexibility index (Phi) is 3.13. The summed E-state index contributed by atoms with van der Waals surface area (Å²) in [6.07, 6.45) is 7.56. The van der Waals surface area contributed by atoms with E-state index in [9.17, 15) is 5.11 Å². The number of hydrogen-bond acceptors (Lipinski definition) is 1. The lowest BCUT2D eigenvalue weighted by Gasteiger charge is -2.15. The zero-order valence-corrected chi connectivity index (χ0v) is 11.0. The van der Waals surface area contributed by atoms with Crippen molar-refractivity contribution in [3.05, 3.63) is 36.0 Å². The van der Waals surface area contributed by atoms with Gasteiger partial charge in [-0.1, -0.05) is 31.9 Å². The highest BCUT2D eigenvalue weighted by molar-refractivity contribution is 5.84. The molecule has 2 nitrogen and oxygen atoms in total. The average Bonchev–Trinajstić information content (AvgIpc) is 3.05. The first-order chi connectivity index (χ1) is 8.81. The first-order valence-electron chi connectivity index (χ1n) is 7.01. The summed E-state index contributed by atoms with van der Waals surface area (Å²) in [5.74, 6) is 0.216. The number of aliphatic hydroxyl groups is 1. The van der Waals surface area contributed by atoms with Crippen LogP contribution in [0.3, 0.4) is 0 Å². The Bertz CT molecular complexity index is 537. The topological polar surface area (TPSA) is 25.2 Å². The van der Waals surface area contributed by atoms with Crippen LogP contribution in [-0.4, -0.2) is 16.3 Å². The molecule has 0 saturated heterocycles. The molecule has 0 spiro atoms. The van der Waals surface area contributed by atoms with Crippen LogP contribution in [0.1, 0.15) is 50.1 Å². The standard InChI is InChI=1S/C16H21NO/c1-12(11-18)14-7-4-8-16-15(14)9-10-17(16)13-5-2-3-6-13/h4,7-10,12-13,18H,2-3,5-6,11H2,1H3. The second kappa shape index (κ2) is 4.77. The molecule has 1 fully saturated rings. The van der Waals surface area contributed by atoms with Gasteiger partial charge in [-0.3, -0.25) is 0 Å². The van der Waals surface area contributed by atoms with E-state index in [4.69, 9.17) is 0 Å². The van der Waals surface area contributed by atoms with Crippen LogP contribution >= 0.6 is 0 Å². The van der Waals surface area contributed by atoms with Crippen molar-refractivity contribution in [2.45, 2.75) is 44.6 Å². The zero-order valence-electron chi connectivity index (χ0n) is 11.0. The maximum absolute atomic E-state index is 9.36. The van der Waals surface area contributed by atoms with E-state index in [0.717, 1.165) is 0 Å². The number of benzene rings is 1. The summed E-state index contributed by atoms with van der Waals surface area (Å²) < 4.78 is 2.44. The van der Waals surface area contributed by atoms with E-state index in [1.807, 2.05) is 0 Å². The van der Waals surface area contributed by atoms with E-state index in [1.165, 1.54) is 42.1 Å². The van der Waals surface area contributed by atoms with Crippen LogP contribution in [0.25, 0.3) is 10.9 Å². The Morgan fingerprint density at radius 2 is 2.06 bits per heavy atom. The molecule has 0 radical (unpaired) electrons. The van der Waals surface area contributed by atoms with Crippen molar-refractivity contribution < 1.29 is 5.11 Å². The summed E-state index contributed by atoms with van der Waals surface area (Å²) in [7, 11) is 0. The molecular formula is C16H21NO. The molecule has 1 aromatic carbocycles. The molecule has 1 N–H and O–H groups in total. The van der Waals surface area contributed by atoms with Gasteiger partial charge in [0.25, 0.3) is 0 Å². The van der Waals surface area contributed by atoms with E-state index >= 15 is 0 Å². The van der Waals surface area contributed by atoms with Crippen LogP contribution in [0.4, 0.5) is 0 Å². The Balaban J connectivity index is 2.08. The van der Waals surface area contributed by atoms with Crippen LogP contribution in [0.2, 0.25) is 0 Å². The third-order valence-corrected chi connectivity index (χ3v) is 4.32. The molecule has 1 aromatic heterocycles. The minimum absolute atomic E-state index is 0.216. The highest BCUT2D eigenvalue weighted by Gasteiger charge is 2.19. The van der Waals surface area contributed by atoms with Gasteiger partial charge < -0.3 is 9.67 Å². The molecule has 0 bridgehead atoms. The molecule has 3 rings (SSSR count). The first kappa shape index (κ1) is 11.8. The van der Waals surface area contributed by atoms with Gasteiger partial charge in [0.2, 0.25) is 0 Å². The Morgan fingerprint density at radius 1 is 1.28 bits per heavy atom. The quantitative estimate of drug-likeness (QED) is 0.870. The smallest absolute Gasteiger partial charge is 0.0497 e. The fraction of sp³-hybridized carbons (Fsp3) is 0.500. The third-order valence-electron chi connectivity index (χ3n) is 4.32. The predicted molar refractivity (Wildman–Crippen MR) is 74.9 cm³/mol. The molecular weight excluding hydrogens is 222 g/mol. The minimum Gasteiger partial charge on any atom is -0.396 e. The fourth-order valence-electron chi connectivity index (χ4n) is 3.24. The number of aliphatic hydroxyl groups excluding tert-OH is 1. The van der Waals surface area contributed by atoms with Crippen molar-refractivity contribution in [2.75, 3.05) is 6.61 Å². The van der Waals surface area contributed by atoms with Crippen molar-refractivity contribution in [2.24, 2.45) is 0 Å². The van der Waals surface area contributed by atoms with E-state index < -0.39 is 0 Å². The molecule has 2 heteroatoms. The lowest BCUT2D eigenvalue weighted by Crippen LogP contribution is -2.03. The van der Waals surface area contributed by atoms with Crippen molar-refractivity contribution in [1.82, 2.24) is 4.57 Å². The van der Waals surface area contributed by atoms with Gasteiger partial charge in [-0.2, -0.15) is 0 Å². The van der Waals surface area contributed by atoms with Gasteiger partial charge in [0, 0.05) is 35.7 Å². The highest BCUT2D eigenvalue weighted by Crippen LogP contribution is 2.34. The second-order valence-electron chi connectivity index (χ2n) is 5.52. The molecule has 96 valence electrons. The second-order valence-corrected chi connectivity index (χ2v) is 5.52. The summed E-state index contributed by atoms with van der Waals surface area (Å²) in [6.45, 7) is 2.30. The number of aromatic nitrogens is 1. The molecule has 18 heavy (non-hydrogen) atoms. The third kappa shape index (κ3) is 1.85. The van der Waals surface area contributed by atoms with Crippen molar-refractivity contribution in [1.29, 1.82) is 0 Å². The van der Waals surface area contributed by atoms with Gasteiger partial charge >= 0.3 is 0 Å². The van der Waals surface area contributed by atoms with Crippen molar-refractivity contribution >= 4 is 10.9 Å². The van der Waals surface area contributed by atoms with Crippen LogP contribution in [0.5, 0.6) is 0 Å². The number of fused-ring (bicyclic) bond motifs is 1. The van der Waals surface area contributed by atoms with E-state index in [-0.39, 0.29) is 12.5 Å². The number of rotatable bonds is 3. The lowest BCUT2D eigenvalue weighted by atomic mass is 9.98. The van der Waals surface area contributed by atoms with Crippen LogP contribution in [0, 0.1) is 0 Å². The van der Waals surface area contributed by atoms with E-state index in [0.29, 0.717) is 6.04 Å². The Labute approximate surface area is 108 Å². The van der Waals surface area contributed by atoms with Gasteiger partial charge in [-0.25, -0.2) is 0 Å². The molecule has 1 aliphatic rings. The molecule has 1 unspecified atom stereocenters. The van der Waals surface area contributed by atoms with Crippen LogP contribution < -0.4 is 0 Å². The zero-order chi connectivity index (χ0) is 12.5. The minimum atomic E-state index is 0.216. The van der Waals surface area contributed by atoms with Gasteiger partial charge in [-0.15, -0.1) is 0 Å². The van der Waals surface area contributed by atoms with Gasteiger partial charge in [0.1, 0.15) is 0 Å².